The number of anilines is 1. The SMILES string of the molecule is COc1cccc(-c2ccc(NC(=O)[C@H]3CCCN(C(=O)Cn4cncn4)C3)cc2)c1. The maximum atomic E-state index is 12.8. The lowest BCUT2D eigenvalue weighted by Gasteiger charge is -2.32. The van der Waals surface area contributed by atoms with E-state index in [1.165, 1.54) is 17.3 Å². The van der Waals surface area contributed by atoms with Crippen molar-refractivity contribution in [3.8, 4) is 16.9 Å². The number of carbonyl (C=O) groups excluding carboxylic acids is 2. The number of benzene rings is 2. The van der Waals surface area contributed by atoms with Crippen molar-refractivity contribution >= 4 is 17.5 Å². The third-order valence-corrected chi connectivity index (χ3v) is 5.46. The number of piperidine rings is 1. The van der Waals surface area contributed by atoms with E-state index in [2.05, 4.69) is 15.4 Å². The molecule has 160 valence electrons. The summed E-state index contributed by atoms with van der Waals surface area (Å²) < 4.78 is 6.78. The van der Waals surface area contributed by atoms with E-state index in [1.807, 2.05) is 48.5 Å². The molecule has 1 atom stereocenters. The van der Waals surface area contributed by atoms with Crippen LogP contribution < -0.4 is 10.1 Å². The zero-order chi connectivity index (χ0) is 21.6. The number of hydrogen-bond acceptors (Lipinski definition) is 5. The van der Waals surface area contributed by atoms with E-state index in [0.29, 0.717) is 13.1 Å². The molecule has 2 heterocycles. The minimum atomic E-state index is -0.230. The molecular formula is C23H25N5O3. The second-order valence-electron chi connectivity index (χ2n) is 7.57. The molecular weight excluding hydrogens is 394 g/mol. The monoisotopic (exact) mass is 419 g/mol. The molecule has 3 aromatic rings. The third kappa shape index (κ3) is 5.09. The van der Waals surface area contributed by atoms with Gasteiger partial charge in [0.05, 0.1) is 13.0 Å². The molecule has 0 aliphatic carbocycles. The summed E-state index contributed by atoms with van der Waals surface area (Å²) in [6, 6.07) is 15.6. The topological polar surface area (TPSA) is 89.4 Å². The maximum absolute atomic E-state index is 12.8. The lowest BCUT2D eigenvalue weighted by molar-refractivity contribution is -0.135. The standard InChI is InChI=1S/C23H25N5O3/c1-31-21-6-2-4-18(12-21)17-7-9-20(10-8-17)26-23(30)19-5-3-11-27(13-19)22(29)14-28-16-24-15-25-28/h2,4,6-10,12,15-16,19H,3,5,11,13-14H2,1H3,(H,26,30)/t19-/m0/s1. The fourth-order valence-electron chi connectivity index (χ4n) is 3.76. The van der Waals surface area contributed by atoms with Crippen molar-refractivity contribution in [3.63, 3.8) is 0 Å². The normalized spacial score (nSPS) is 16.0. The largest absolute Gasteiger partial charge is 0.497 e. The molecule has 0 radical (unpaired) electrons. The Morgan fingerprint density at radius 1 is 1.16 bits per heavy atom. The molecule has 8 heteroatoms. The van der Waals surface area contributed by atoms with Crippen molar-refractivity contribution in [2.24, 2.45) is 5.92 Å². The lowest BCUT2D eigenvalue weighted by Crippen LogP contribution is -2.45. The van der Waals surface area contributed by atoms with Crippen LogP contribution in [0, 0.1) is 5.92 Å². The number of likely N-dealkylation sites (tertiary alicyclic amines) is 1. The summed E-state index contributed by atoms with van der Waals surface area (Å²) in [6.45, 7) is 1.22. The quantitative estimate of drug-likeness (QED) is 0.664. The highest BCUT2D eigenvalue weighted by atomic mass is 16.5. The summed E-state index contributed by atoms with van der Waals surface area (Å²) in [5, 5.41) is 6.96. The van der Waals surface area contributed by atoms with Crippen molar-refractivity contribution in [2.75, 3.05) is 25.5 Å². The maximum Gasteiger partial charge on any atom is 0.244 e. The van der Waals surface area contributed by atoms with Gasteiger partial charge in [0.15, 0.2) is 0 Å². The van der Waals surface area contributed by atoms with E-state index in [4.69, 9.17) is 4.74 Å². The van der Waals surface area contributed by atoms with Gasteiger partial charge in [-0.3, -0.25) is 9.59 Å². The number of aromatic nitrogens is 3. The molecule has 0 saturated carbocycles. The molecule has 2 aromatic carbocycles. The second kappa shape index (κ2) is 9.42. The molecule has 1 saturated heterocycles. The number of carbonyl (C=O) groups is 2. The number of hydrogen-bond donors (Lipinski definition) is 1. The number of rotatable bonds is 6. The highest BCUT2D eigenvalue weighted by Crippen LogP contribution is 2.26. The van der Waals surface area contributed by atoms with Crippen LogP contribution in [0.1, 0.15) is 12.8 Å². The Kier molecular flexibility index (Phi) is 6.26. The number of ether oxygens (including phenoxy) is 1. The van der Waals surface area contributed by atoms with E-state index >= 15 is 0 Å². The van der Waals surface area contributed by atoms with Crippen molar-refractivity contribution in [3.05, 3.63) is 61.2 Å². The van der Waals surface area contributed by atoms with E-state index in [9.17, 15) is 9.59 Å². The molecule has 31 heavy (non-hydrogen) atoms. The first-order valence-corrected chi connectivity index (χ1v) is 10.3. The van der Waals surface area contributed by atoms with Crippen LogP contribution in [0.25, 0.3) is 11.1 Å². The Balaban J connectivity index is 1.35. The lowest BCUT2D eigenvalue weighted by atomic mass is 9.96. The Morgan fingerprint density at radius 2 is 2.00 bits per heavy atom. The van der Waals surface area contributed by atoms with Crippen molar-refractivity contribution in [1.82, 2.24) is 19.7 Å². The average Bonchev–Trinajstić information content (AvgIpc) is 3.32. The molecule has 0 unspecified atom stereocenters. The summed E-state index contributed by atoms with van der Waals surface area (Å²) in [6.07, 6.45) is 4.48. The number of nitrogens with one attached hydrogen (secondary N) is 1. The molecule has 0 bridgehead atoms. The van der Waals surface area contributed by atoms with E-state index < -0.39 is 0 Å². The molecule has 4 rings (SSSR count). The Morgan fingerprint density at radius 3 is 2.74 bits per heavy atom. The summed E-state index contributed by atoms with van der Waals surface area (Å²) in [7, 11) is 1.65. The molecule has 8 nitrogen and oxygen atoms in total. The first kappa shape index (κ1) is 20.6. The molecule has 1 N–H and O–H groups in total. The van der Waals surface area contributed by atoms with Gasteiger partial charge in [0.25, 0.3) is 0 Å². The van der Waals surface area contributed by atoms with Crippen molar-refractivity contribution < 1.29 is 14.3 Å². The number of nitrogens with zero attached hydrogens (tertiary/aromatic N) is 4. The van der Waals surface area contributed by atoms with Gasteiger partial charge < -0.3 is 15.0 Å². The number of methoxy groups -OCH3 is 1. The molecule has 1 aliphatic heterocycles. The van der Waals surface area contributed by atoms with Crippen molar-refractivity contribution in [2.45, 2.75) is 19.4 Å². The summed E-state index contributed by atoms with van der Waals surface area (Å²) in [5.74, 6) is 0.458. The van der Waals surface area contributed by atoms with Gasteiger partial charge in [0, 0.05) is 18.8 Å². The molecule has 1 aliphatic rings. The van der Waals surface area contributed by atoms with Crippen LogP contribution in [0.4, 0.5) is 5.69 Å². The highest BCUT2D eigenvalue weighted by molar-refractivity contribution is 5.93. The zero-order valence-electron chi connectivity index (χ0n) is 17.4. The van der Waals surface area contributed by atoms with Gasteiger partial charge in [-0.2, -0.15) is 5.10 Å². The molecule has 0 spiro atoms. The minimum Gasteiger partial charge on any atom is -0.497 e. The fourth-order valence-corrected chi connectivity index (χ4v) is 3.76. The van der Waals surface area contributed by atoms with Gasteiger partial charge in [-0.25, -0.2) is 9.67 Å². The van der Waals surface area contributed by atoms with Crippen LogP contribution in [0.3, 0.4) is 0 Å². The summed E-state index contributed by atoms with van der Waals surface area (Å²) >= 11 is 0. The first-order valence-electron chi connectivity index (χ1n) is 10.3. The predicted molar refractivity (Wildman–Crippen MR) is 116 cm³/mol. The van der Waals surface area contributed by atoms with Crippen LogP contribution in [-0.4, -0.2) is 51.7 Å². The fraction of sp³-hybridized carbons (Fsp3) is 0.304. The van der Waals surface area contributed by atoms with Crippen LogP contribution in [0.15, 0.2) is 61.2 Å². The second-order valence-corrected chi connectivity index (χ2v) is 7.57. The average molecular weight is 419 g/mol. The van der Waals surface area contributed by atoms with Gasteiger partial charge in [-0.15, -0.1) is 0 Å². The smallest absolute Gasteiger partial charge is 0.244 e. The van der Waals surface area contributed by atoms with Crippen LogP contribution >= 0.6 is 0 Å². The van der Waals surface area contributed by atoms with E-state index in [-0.39, 0.29) is 24.3 Å². The summed E-state index contributed by atoms with van der Waals surface area (Å²) in [5.41, 5.74) is 2.83. The first-order chi connectivity index (χ1) is 15.1. The third-order valence-electron chi connectivity index (χ3n) is 5.46. The van der Waals surface area contributed by atoms with E-state index in [0.717, 1.165) is 35.4 Å². The zero-order valence-corrected chi connectivity index (χ0v) is 17.4. The highest BCUT2D eigenvalue weighted by Gasteiger charge is 2.28. The van der Waals surface area contributed by atoms with Crippen LogP contribution in [0.2, 0.25) is 0 Å². The van der Waals surface area contributed by atoms with Crippen LogP contribution in [0.5, 0.6) is 5.75 Å². The van der Waals surface area contributed by atoms with Gasteiger partial charge in [0.2, 0.25) is 11.8 Å². The number of amides is 2. The molecule has 1 fully saturated rings. The molecule has 2 amide bonds. The van der Waals surface area contributed by atoms with Gasteiger partial charge >= 0.3 is 0 Å². The summed E-state index contributed by atoms with van der Waals surface area (Å²) in [4.78, 5) is 30.9. The predicted octanol–water partition coefficient (Wildman–Crippen LogP) is 2.83. The van der Waals surface area contributed by atoms with Gasteiger partial charge in [-0.1, -0.05) is 24.3 Å². The Hall–Kier alpha value is -3.68. The van der Waals surface area contributed by atoms with Gasteiger partial charge in [0.1, 0.15) is 24.9 Å². The van der Waals surface area contributed by atoms with Gasteiger partial charge in [-0.05, 0) is 48.2 Å². The minimum absolute atomic E-state index is 0.0503. The Labute approximate surface area is 180 Å². The Bertz CT molecular complexity index is 1030. The molecule has 1 aromatic heterocycles. The van der Waals surface area contributed by atoms with E-state index in [1.54, 1.807) is 12.0 Å². The van der Waals surface area contributed by atoms with Crippen LogP contribution in [-0.2, 0) is 16.1 Å². The van der Waals surface area contributed by atoms with Crippen molar-refractivity contribution in [1.29, 1.82) is 0 Å².